The van der Waals surface area contributed by atoms with Crippen molar-refractivity contribution in [3.8, 4) is 11.1 Å². The van der Waals surface area contributed by atoms with Gasteiger partial charge < -0.3 is 5.73 Å². The molecule has 3 heterocycles. The predicted octanol–water partition coefficient (Wildman–Crippen LogP) is 5.83. The molecule has 0 amide bonds. The second kappa shape index (κ2) is 7.71. The first-order valence-electron chi connectivity index (χ1n) is 10.0. The molecule has 4 nitrogen and oxygen atoms in total. The third-order valence-electron chi connectivity index (χ3n) is 5.63. The number of nitrogens with two attached hydrogens (primary N) is 1. The number of rotatable bonds is 3. The van der Waals surface area contributed by atoms with Crippen LogP contribution in [-0.2, 0) is 11.7 Å². The van der Waals surface area contributed by atoms with Gasteiger partial charge in [-0.1, -0.05) is 48.0 Å². The van der Waals surface area contributed by atoms with Gasteiger partial charge in [0.1, 0.15) is 22.8 Å². The van der Waals surface area contributed by atoms with Crippen molar-refractivity contribution < 1.29 is 13.2 Å². The first-order chi connectivity index (χ1) is 15.8. The number of fused-ring (bicyclic) bond motifs is 1. The van der Waals surface area contributed by atoms with Crippen molar-refractivity contribution in [1.29, 1.82) is 0 Å². The Morgan fingerprint density at radius 2 is 1.52 bits per heavy atom. The average molecular weight is 465 g/mol. The van der Waals surface area contributed by atoms with Crippen LogP contribution in [0.5, 0.6) is 0 Å². The van der Waals surface area contributed by atoms with Crippen molar-refractivity contribution in [1.82, 2.24) is 9.97 Å². The van der Waals surface area contributed by atoms with E-state index in [4.69, 9.17) is 22.3 Å². The van der Waals surface area contributed by atoms with Crippen LogP contribution in [0.15, 0.2) is 90.2 Å². The summed E-state index contributed by atoms with van der Waals surface area (Å²) in [5.74, 6) is 0.157. The van der Waals surface area contributed by atoms with Crippen LogP contribution < -0.4 is 5.73 Å². The number of aromatic nitrogens is 2. The molecule has 1 unspecified atom stereocenters. The summed E-state index contributed by atoms with van der Waals surface area (Å²) in [6.07, 6.45) is -1.89. The number of benzene rings is 2. The summed E-state index contributed by atoms with van der Waals surface area (Å²) >= 11 is 6.17. The number of aliphatic imine (C=N–C) groups is 1. The van der Waals surface area contributed by atoms with Crippen LogP contribution in [0.3, 0.4) is 0 Å². The van der Waals surface area contributed by atoms with Crippen molar-refractivity contribution in [3.63, 3.8) is 0 Å². The van der Waals surface area contributed by atoms with Crippen molar-refractivity contribution in [2.24, 2.45) is 10.7 Å². The zero-order valence-corrected chi connectivity index (χ0v) is 17.8. The summed E-state index contributed by atoms with van der Waals surface area (Å²) in [6.45, 7) is 0. The Morgan fingerprint density at radius 1 is 0.788 bits per heavy atom. The Labute approximate surface area is 192 Å². The molecule has 8 heteroatoms. The molecule has 2 aromatic heterocycles. The third-order valence-corrected chi connectivity index (χ3v) is 5.87. The molecule has 0 fully saturated rings. The van der Waals surface area contributed by atoms with Crippen molar-refractivity contribution in [3.05, 3.63) is 118 Å². The van der Waals surface area contributed by atoms with Gasteiger partial charge in [-0.05, 0) is 58.7 Å². The van der Waals surface area contributed by atoms with Gasteiger partial charge in [0, 0.05) is 23.0 Å². The molecule has 2 aromatic carbocycles. The molecule has 0 saturated heterocycles. The molecule has 0 aliphatic carbocycles. The second-order valence-corrected chi connectivity index (χ2v) is 8.06. The molecule has 5 rings (SSSR count). The van der Waals surface area contributed by atoms with Gasteiger partial charge in [0.05, 0.1) is 0 Å². The van der Waals surface area contributed by atoms with E-state index in [9.17, 15) is 13.2 Å². The van der Waals surface area contributed by atoms with E-state index in [1.807, 2.05) is 42.5 Å². The number of pyridine rings is 2. The van der Waals surface area contributed by atoms with E-state index in [-0.39, 0.29) is 5.84 Å². The van der Waals surface area contributed by atoms with Crippen molar-refractivity contribution in [2.45, 2.75) is 11.7 Å². The molecule has 0 bridgehead atoms. The number of nitrogens with zero attached hydrogens (tertiary/aromatic N) is 3. The van der Waals surface area contributed by atoms with E-state index in [1.165, 1.54) is 6.07 Å². The van der Waals surface area contributed by atoms with Crippen LogP contribution in [-0.4, -0.2) is 15.8 Å². The average Bonchev–Trinajstić information content (AvgIpc) is 3.12. The lowest BCUT2D eigenvalue weighted by atomic mass is 9.77. The summed E-state index contributed by atoms with van der Waals surface area (Å²) in [6, 6.07) is 20.8. The molecule has 2 N–H and O–H groups in total. The molecule has 0 radical (unpaired) electrons. The second-order valence-electron chi connectivity index (χ2n) is 7.63. The lowest BCUT2D eigenvalue weighted by Crippen LogP contribution is -2.26. The number of halogens is 4. The fourth-order valence-electron chi connectivity index (χ4n) is 4.20. The lowest BCUT2D eigenvalue weighted by Gasteiger charge is -2.29. The molecule has 164 valence electrons. The highest BCUT2D eigenvalue weighted by Gasteiger charge is 2.45. The Balaban J connectivity index is 1.79. The topological polar surface area (TPSA) is 64.2 Å². The summed E-state index contributed by atoms with van der Waals surface area (Å²) in [7, 11) is 0. The van der Waals surface area contributed by atoms with Crippen LogP contribution in [0.2, 0.25) is 5.02 Å². The van der Waals surface area contributed by atoms with Gasteiger partial charge in [0.25, 0.3) is 0 Å². The first kappa shape index (κ1) is 21.2. The number of hydrogen-bond acceptors (Lipinski definition) is 4. The summed E-state index contributed by atoms with van der Waals surface area (Å²) in [5.41, 5.74) is 7.59. The minimum absolute atomic E-state index is 0.157. The fraction of sp³-hybridized carbons (Fsp3) is 0.0800. The zero-order valence-electron chi connectivity index (χ0n) is 17.0. The van der Waals surface area contributed by atoms with Gasteiger partial charge in [-0.2, -0.15) is 13.2 Å². The van der Waals surface area contributed by atoms with Crippen LogP contribution >= 0.6 is 11.6 Å². The highest BCUT2D eigenvalue weighted by molar-refractivity contribution is 6.30. The molecule has 1 aliphatic rings. The largest absolute Gasteiger partial charge is 0.433 e. The summed E-state index contributed by atoms with van der Waals surface area (Å²) < 4.78 is 40.6. The molecule has 0 saturated carbocycles. The Kier molecular flexibility index (Phi) is 4.94. The van der Waals surface area contributed by atoms with Gasteiger partial charge in [-0.15, -0.1) is 0 Å². The van der Waals surface area contributed by atoms with Gasteiger partial charge in [-0.25, -0.2) is 4.99 Å². The highest BCUT2D eigenvalue weighted by atomic mass is 35.5. The maximum atomic E-state index is 13.5. The smallest absolute Gasteiger partial charge is 0.382 e. The van der Waals surface area contributed by atoms with Gasteiger partial charge in [0.2, 0.25) is 0 Å². The van der Waals surface area contributed by atoms with Gasteiger partial charge in [0.15, 0.2) is 0 Å². The first-order valence-corrected chi connectivity index (χ1v) is 10.4. The molecular formula is C25H16ClF3N4. The van der Waals surface area contributed by atoms with Crippen molar-refractivity contribution in [2.75, 3.05) is 0 Å². The SMILES string of the molecule is NC1=NC(c2cccc(-c3cccc(Cl)c3)c2)(c2ccnc(C(F)(F)F)c2)c2cccnc21. The fourth-order valence-corrected chi connectivity index (χ4v) is 4.39. The standard InChI is InChI=1S/C25H16ClF3N4/c26-19-7-2-5-16(13-19)15-4-1-6-17(12-15)24(18-9-11-31-21(14-18)25(27,28)29)20-8-3-10-32-22(20)23(30)33-24/h1-14H,(H2,30,33). The summed E-state index contributed by atoms with van der Waals surface area (Å²) in [5, 5.41) is 0.578. The molecule has 4 aromatic rings. The highest BCUT2D eigenvalue weighted by Crippen LogP contribution is 2.46. The van der Waals surface area contributed by atoms with Crippen molar-refractivity contribution >= 4 is 17.4 Å². The molecule has 0 spiro atoms. The lowest BCUT2D eigenvalue weighted by molar-refractivity contribution is -0.141. The minimum atomic E-state index is -4.61. The third kappa shape index (κ3) is 3.54. The Hall–Kier alpha value is -3.71. The number of alkyl halides is 3. The van der Waals surface area contributed by atoms with Crippen LogP contribution in [0.1, 0.15) is 28.1 Å². The van der Waals surface area contributed by atoms with E-state index in [1.54, 1.807) is 24.4 Å². The quantitative estimate of drug-likeness (QED) is 0.415. The molecule has 33 heavy (non-hydrogen) atoms. The van der Waals surface area contributed by atoms with E-state index in [0.29, 0.717) is 27.4 Å². The van der Waals surface area contributed by atoms with E-state index in [0.717, 1.165) is 23.4 Å². The Morgan fingerprint density at radius 3 is 2.27 bits per heavy atom. The van der Waals surface area contributed by atoms with Gasteiger partial charge >= 0.3 is 6.18 Å². The predicted molar refractivity (Wildman–Crippen MR) is 121 cm³/mol. The van der Waals surface area contributed by atoms with Gasteiger partial charge in [-0.3, -0.25) is 9.97 Å². The summed E-state index contributed by atoms with van der Waals surface area (Å²) in [4.78, 5) is 12.6. The zero-order chi connectivity index (χ0) is 23.2. The molecule has 1 atom stereocenters. The normalized spacial score (nSPS) is 17.5. The molecule has 1 aliphatic heterocycles. The number of amidine groups is 1. The maximum Gasteiger partial charge on any atom is 0.433 e. The van der Waals surface area contributed by atoms with Crippen LogP contribution in [0.4, 0.5) is 13.2 Å². The Bertz CT molecular complexity index is 1400. The van der Waals surface area contributed by atoms with E-state index in [2.05, 4.69) is 9.97 Å². The van der Waals surface area contributed by atoms with Crippen LogP contribution in [0.25, 0.3) is 11.1 Å². The van der Waals surface area contributed by atoms with Crippen LogP contribution in [0, 0.1) is 0 Å². The maximum absolute atomic E-state index is 13.5. The molecular weight excluding hydrogens is 449 g/mol. The van der Waals surface area contributed by atoms with E-state index < -0.39 is 17.4 Å². The minimum Gasteiger partial charge on any atom is -0.382 e. The monoisotopic (exact) mass is 464 g/mol. The number of hydrogen-bond donors (Lipinski definition) is 1. The van der Waals surface area contributed by atoms with E-state index >= 15 is 0 Å².